The van der Waals surface area contributed by atoms with E-state index in [9.17, 15) is 13.2 Å². The molecule has 0 saturated heterocycles. The minimum atomic E-state index is -4.23. The molecule has 0 heterocycles. The first kappa shape index (κ1) is 12.5. The highest BCUT2D eigenvalue weighted by Gasteiger charge is 2.38. The summed E-state index contributed by atoms with van der Waals surface area (Å²) in [5.74, 6) is 0.119. The fourth-order valence-electron chi connectivity index (χ4n) is 2.02. The summed E-state index contributed by atoms with van der Waals surface area (Å²) in [6, 6.07) is 4.60. The third-order valence-electron chi connectivity index (χ3n) is 3.24. The van der Waals surface area contributed by atoms with Gasteiger partial charge in [-0.25, -0.2) is 0 Å². The molecule has 1 fully saturated rings. The van der Waals surface area contributed by atoms with E-state index in [0.717, 1.165) is 18.4 Å². The van der Waals surface area contributed by atoms with Crippen LogP contribution in [0.15, 0.2) is 18.2 Å². The van der Waals surface area contributed by atoms with Crippen LogP contribution in [0.5, 0.6) is 0 Å². The van der Waals surface area contributed by atoms with E-state index in [1.165, 1.54) is 6.07 Å². The standard InChI is InChI=1S/C14H17F3/c1-13(2,3)10-6-7-12(14(15,16)17)11(8-10)9-4-5-9/h6-9H,4-5H2,1-3H3. The summed E-state index contributed by atoms with van der Waals surface area (Å²) in [7, 11) is 0. The third-order valence-corrected chi connectivity index (χ3v) is 3.24. The molecule has 0 N–H and O–H groups in total. The maximum atomic E-state index is 12.9. The molecule has 17 heavy (non-hydrogen) atoms. The van der Waals surface area contributed by atoms with Crippen molar-refractivity contribution >= 4 is 0 Å². The highest BCUT2D eigenvalue weighted by Crippen LogP contribution is 2.46. The Bertz CT molecular complexity index is 420. The maximum absolute atomic E-state index is 12.9. The summed E-state index contributed by atoms with van der Waals surface area (Å²) in [5, 5.41) is 0. The van der Waals surface area contributed by atoms with Crippen molar-refractivity contribution in [3.8, 4) is 0 Å². The Morgan fingerprint density at radius 3 is 2.06 bits per heavy atom. The Morgan fingerprint density at radius 2 is 1.65 bits per heavy atom. The first-order chi connectivity index (χ1) is 7.69. The quantitative estimate of drug-likeness (QED) is 0.658. The van der Waals surface area contributed by atoms with Crippen LogP contribution in [0.1, 0.15) is 56.2 Å². The van der Waals surface area contributed by atoms with E-state index >= 15 is 0 Å². The Morgan fingerprint density at radius 1 is 1.06 bits per heavy atom. The zero-order valence-electron chi connectivity index (χ0n) is 10.4. The van der Waals surface area contributed by atoms with Crippen LogP contribution >= 0.6 is 0 Å². The second-order valence-electron chi connectivity index (χ2n) is 5.82. The van der Waals surface area contributed by atoms with Crippen LogP contribution < -0.4 is 0 Å². The van der Waals surface area contributed by atoms with Gasteiger partial charge in [0.15, 0.2) is 0 Å². The molecule has 94 valence electrons. The van der Waals surface area contributed by atoms with Gasteiger partial charge in [-0.2, -0.15) is 13.2 Å². The van der Waals surface area contributed by atoms with Crippen molar-refractivity contribution in [2.24, 2.45) is 0 Å². The molecule has 0 bridgehead atoms. The normalized spacial score (nSPS) is 17.3. The first-order valence-electron chi connectivity index (χ1n) is 5.91. The summed E-state index contributed by atoms with van der Waals surface area (Å²) in [6.07, 6.45) is -2.46. The van der Waals surface area contributed by atoms with Gasteiger partial charge in [-0.1, -0.05) is 32.9 Å². The predicted molar refractivity (Wildman–Crippen MR) is 62.1 cm³/mol. The summed E-state index contributed by atoms with van der Waals surface area (Å²) < 4.78 is 38.6. The van der Waals surface area contributed by atoms with E-state index in [4.69, 9.17) is 0 Å². The number of benzene rings is 1. The van der Waals surface area contributed by atoms with Gasteiger partial charge in [0.05, 0.1) is 5.56 Å². The fourth-order valence-corrected chi connectivity index (χ4v) is 2.02. The lowest BCUT2D eigenvalue weighted by molar-refractivity contribution is -0.138. The minimum absolute atomic E-state index is 0.103. The molecule has 0 aliphatic heterocycles. The summed E-state index contributed by atoms with van der Waals surface area (Å²) in [5.41, 5.74) is 0.915. The molecular weight excluding hydrogens is 225 g/mol. The van der Waals surface area contributed by atoms with Gasteiger partial charge >= 0.3 is 6.18 Å². The summed E-state index contributed by atoms with van der Waals surface area (Å²) >= 11 is 0. The second kappa shape index (κ2) is 3.76. The zero-order valence-corrected chi connectivity index (χ0v) is 10.4. The molecule has 3 heteroatoms. The van der Waals surface area contributed by atoms with Crippen molar-refractivity contribution in [3.63, 3.8) is 0 Å². The largest absolute Gasteiger partial charge is 0.416 e. The summed E-state index contributed by atoms with van der Waals surface area (Å²) in [4.78, 5) is 0. The smallest absolute Gasteiger partial charge is 0.166 e. The first-order valence-corrected chi connectivity index (χ1v) is 5.91. The highest BCUT2D eigenvalue weighted by molar-refractivity contribution is 5.40. The molecule has 1 aliphatic carbocycles. The van der Waals surface area contributed by atoms with E-state index < -0.39 is 11.7 Å². The lowest BCUT2D eigenvalue weighted by atomic mass is 9.84. The number of hydrogen-bond donors (Lipinski definition) is 0. The number of halogens is 3. The van der Waals surface area contributed by atoms with Gasteiger partial charge in [0.1, 0.15) is 0 Å². The van der Waals surface area contributed by atoms with Crippen molar-refractivity contribution in [1.29, 1.82) is 0 Å². The van der Waals surface area contributed by atoms with Crippen LogP contribution in [0.4, 0.5) is 13.2 Å². The number of alkyl halides is 3. The molecule has 1 aromatic rings. The lowest BCUT2D eigenvalue weighted by Gasteiger charge is -2.22. The van der Waals surface area contributed by atoms with E-state index in [2.05, 4.69) is 0 Å². The number of hydrogen-bond acceptors (Lipinski definition) is 0. The van der Waals surface area contributed by atoms with E-state index in [1.54, 1.807) is 12.1 Å². The van der Waals surface area contributed by atoms with Crippen LogP contribution in [0.3, 0.4) is 0 Å². The van der Waals surface area contributed by atoms with Crippen molar-refractivity contribution in [2.75, 3.05) is 0 Å². The van der Waals surface area contributed by atoms with Gasteiger partial charge < -0.3 is 0 Å². The average Bonchev–Trinajstić information content (AvgIpc) is 2.97. The van der Waals surface area contributed by atoms with Gasteiger partial charge in [0, 0.05) is 0 Å². The lowest BCUT2D eigenvalue weighted by Crippen LogP contribution is -2.14. The molecule has 1 saturated carbocycles. The molecule has 0 nitrogen and oxygen atoms in total. The molecule has 0 spiro atoms. The fraction of sp³-hybridized carbons (Fsp3) is 0.571. The monoisotopic (exact) mass is 242 g/mol. The SMILES string of the molecule is CC(C)(C)c1ccc(C(F)(F)F)c(C2CC2)c1. The maximum Gasteiger partial charge on any atom is 0.416 e. The molecule has 1 aromatic carbocycles. The summed E-state index contributed by atoms with van der Waals surface area (Å²) in [6.45, 7) is 6.06. The molecule has 2 rings (SSSR count). The molecule has 1 aliphatic rings. The van der Waals surface area contributed by atoms with Crippen LogP contribution in [0.25, 0.3) is 0 Å². The van der Waals surface area contributed by atoms with E-state index in [-0.39, 0.29) is 11.3 Å². The van der Waals surface area contributed by atoms with Crippen molar-refractivity contribution in [1.82, 2.24) is 0 Å². The van der Waals surface area contributed by atoms with Gasteiger partial charge in [-0.05, 0) is 41.4 Å². The van der Waals surface area contributed by atoms with Gasteiger partial charge in [-0.15, -0.1) is 0 Å². The van der Waals surface area contributed by atoms with Crippen molar-refractivity contribution in [3.05, 3.63) is 34.9 Å². The molecule has 0 aromatic heterocycles. The Hall–Kier alpha value is -0.990. The van der Waals surface area contributed by atoms with E-state index in [1.807, 2.05) is 20.8 Å². The van der Waals surface area contributed by atoms with Crippen LogP contribution in [0.2, 0.25) is 0 Å². The highest BCUT2D eigenvalue weighted by atomic mass is 19.4. The van der Waals surface area contributed by atoms with Crippen LogP contribution in [-0.2, 0) is 11.6 Å². The van der Waals surface area contributed by atoms with Crippen molar-refractivity contribution in [2.45, 2.75) is 51.1 Å². The Balaban J connectivity index is 2.49. The minimum Gasteiger partial charge on any atom is -0.166 e. The van der Waals surface area contributed by atoms with Crippen molar-refractivity contribution < 1.29 is 13.2 Å². The molecule has 0 radical (unpaired) electrons. The zero-order chi connectivity index (χ0) is 12.8. The van der Waals surface area contributed by atoms with Gasteiger partial charge in [0.2, 0.25) is 0 Å². The topological polar surface area (TPSA) is 0 Å². The number of rotatable bonds is 1. The molecule has 0 unspecified atom stereocenters. The van der Waals surface area contributed by atoms with Crippen LogP contribution in [0, 0.1) is 0 Å². The Kier molecular flexibility index (Phi) is 2.75. The van der Waals surface area contributed by atoms with E-state index in [0.29, 0.717) is 5.56 Å². The molecular formula is C14H17F3. The third kappa shape index (κ3) is 2.64. The molecule has 0 atom stereocenters. The average molecular weight is 242 g/mol. The van der Waals surface area contributed by atoms with Gasteiger partial charge in [-0.3, -0.25) is 0 Å². The van der Waals surface area contributed by atoms with Gasteiger partial charge in [0.25, 0.3) is 0 Å². The predicted octanol–water partition coefficient (Wildman–Crippen LogP) is 4.88. The second-order valence-corrected chi connectivity index (χ2v) is 5.82. The Labute approximate surface area is 99.8 Å². The molecule has 0 amide bonds. The van der Waals surface area contributed by atoms with Crippen LogP contribution in [-0.4, -0.2) is 0 Å².